The lowest BCUT2D eigenvalue weighted by atomic mass is 10.3. The standard InChI is InChI=1S/C11H8N2O4/c1-6-4-9(14)13(10(6)15)7-2-3-8(11(16)17)12-5-7/h2-5H,1H3,(H,16,17). The summed E-state index contributed by atoms with van der Waals surface area (Å²) in [6.45, 7) is 1.54. The molecular formula is C11H8N2O4. The Morgan fingerprint density at radius 2 is 2.06 bits per heavy atom. The maximum Gasteiger partial charge on any atom is 0.354 e. The molecule has 6 nitrogen and oxygen atoms in total. The molecule has 0 saturated carbocycles. The molecule has 1 aromatic rings. The van der Waals surface area contributed by atoms with Crippen molar-refractivity contribution < 1.29 is 19.5 Å². The molecule has 0 radical (unpaired) electrons. The predicted octanol–water partition coefficient (Wildman–Crippen LogP) is 0.599. The molecule has 1 aromatic heterocycles. The van der Waals surface area contributed by atoms with Gasteiger partial charge in [0.05, 0.1) is 11.9 Å². The Balaban J connectivity index is 2.34. The first kappa shape index (κ1) is 11.0. The average Bonchev–Trinajstić information content (AvgIpc) is 2.53. The number of pyridine rings is 1. The fraction of sp³-hybridized carbons (Fsp3) is 0.0909. The van der Waals surface area contributed by atoms with Crippen molar-refractivity contribution in [3.63, 3.8) is 0 Å². The highest BCUT2D eigenvalue weighted by atomic mass is 16.4. The van der Waals surface area contributed by atoms with Gasteiger partial charge >= 0.3 is 5.97 Å². The highest BCUT2D eigenvalue weighted by Crippen LogP contribution is 2.21. The van der Waals surface area contributed by atoms with E-state index in [2.05, 4.69) is 4.98 Å². The van der Waals surface area contributed by atoms with Crippen LogP contribution in [0, 0.1) is 0 Å². The van der Waals surface area contributed by atoms with Gasteiger partial charge in [0.25, 0.3) is 11.8 Å². The second-order valence-electron chi connectivity index (χ2n) is 3.51. The number of rotatable bonds is 2. The number of amides is 2. The van der Waals surface area contributed by atoms with Crippen molar-refractivity contribution in [1.82, 2.24) is 4.98 Å². The molecule has 2 amide bonds. The molecule has 1 aliphatic heterocycles. The highest BCUT2D eigenvalue weighted by Gasteiger charge is 2.29. The van der Waals surface area contributed by atoms with Crippen LogP contribution in [-0.2, 0) is 9.59 Å². The molecule has 0 aromatic carbocycles. The minimum absolute atomic E-state index is 0.141. The lowest BCUT2D eigenvalue weighted by Crippen LogP contribution is -2.30. The second kappa shape index (κ2) is 3.82. The molecular weight excluding hydrogens is 224 g/mol. The van der Waals surface area contributed by atoms with Gasteiger partial charge in [-0.25, -0.2) is 14.7 Å². The van der Waals surface area contributed by atoms with Gasteiger partial charge in [-0.05, 0) is 19.1 Å². The van der Waals surface area contributed by atoms with Crippen LogP contribution in [0.5, 0.6) is 0 Å². The zero-order valence-corrected chi connectivity index (χ0v) is 8.88. The van der Waals surface area contributed by atoms with Crippen LogP contribution in [0.15, 0.2) is 30.0 Å². The van der Waals surface area contributed by atoms with Gasteiger partial charge in [-0.3, -0.25) is 9.59 Å². The Morgan fingerprint density at radius 1 is 1.35 bits per heavy atom. The number of anilines is 1. The Morgan fingerprint density at radius 3 is 2.47 bits per heavy atom. The van der Waals surface area contributed by atoms with Crippen molar-refractivity contribution >= 4 is 23.5 Å². The molecule has 0 atom stereocenters. The first-order valence-electron chi connectivity index (χ1n) is 4.77. The summed E-state index contributed by atoms with van der Waals surface area (Å²) in [6, 6.07) is 2.62. The summed E-state index contributed by atoms with van der Waals surface area (Å²) in [5.74, 6) is -2.03. The Hall–Kier alpha value is -2.50. The molecule has 86 valence electrons. The third-order valence-electron chi connectivity index (χ3n) is 2.33. The van der Waals surface area contributed by atoms with E-state index < -0.39 is 17.8 Å². The summed E-state index contributed by atoms with van der Waals surface area (Å²) in [7, 11) is 0. The molecule has 0 unspecified atom stereocenters. The van der Waals surface area contributed by atoms with Gasteiger partial charge in [0, 0.05) is 11.6 Å². The number of nitrogens with zero attached hydrogens (tertiary/aromatic N) is 2. The minimum Gasteiger partial charge on any atom is -0.477 e. The molecule has 17 heavy (non-hydrogen) atoms. The number of aromatic nitrogens is 1. The Kier molecular flexibility index (Phi) is 2.47. The number of carbonyl (C=O) groups excluding carboxylic acids is 2. The summed E-state index contributed by atoms with van der Waals surface area (Å²) in [5, 5.41) is 8.67. The summed E-state index contributed by atoms with van der Waals surface area (Å²) in [5.41, 5.74) is 0.466. The molecule has 0 fully saturated rings. The van der Waals surface area contributed by atoms with Crippen LogP contribution in [0.25, 0.3) is 0 Å². The van der Waals surface area contributed by atoms with Gasteiger partial charge in [0.1, 0.15) is 5.69 Å². The second-order valence-corrected chi connectivity index (χ2v) is 3.51. The number of carboxylic acid groups (broad SMARTS) is 1. The van der Waals surface area contributed by atoms with E-state index in [-0.39, 0.29) is 11.4 Å². The fourth-order valence-corrected chi connectivity index (χ4v) is 1.48. The number of imide groups is 1. The topological polar surface area (TPSA) is 87.6 Å². The maximum absolute atomic E-state index is 11.6. The molecule has 0 saturated heterocycles. The Bertz CT molecular complexity index is 545. The zero-order chi connectivity index (χ0) is 12.6. The number of aromatic carboxylic acids is 1. The summed E-state index contributed by atoms with van der Waals surface area (Å²) in [4.78, 5) is 38.3. The van der Waals surface area contributed by atoms with Gasteiger partial charge in [0.15, 0.2) is 0 Å². The number of hydrogen-bond acceptors (Lipinski definition) is 4. The van der Waals surface area contributed by atoms with E-state index in [4.69, 9.17) is 5.11 Å². The molecule has 0 bridgehead atoms. The van der Waals surface area contributed by atoms with Gasteiger partial charge in [0.2, 0.25) is 0 Å². The number of hydrogen-bond donors (Lipinski definition) is 1. The quantitative estimate of drug-likeness (QED) is 0.754. The number of carboxylic acids is 1. The first-order chi connectivity index (χ1) is 8.00. The van der Waals surface area contributed by atoms with E-state index >= 15 is 0 Å². The zero-order valence-electron chi connectivity index (χ0n) is 8.88. The van der Waals surface area contributed by atoms with Gasteiger partial charge < -0.3 is 5.11 Å². The van der Waals surface area contributed by atoms with Crippen molar-refractivity contribution in [2.75, 3.05) is 4.90 Å². The van der Waals surface area contributed by atoms with Crippen molar-refractivity contribution in [3.05, 3.63) is 35.7 Å². The SMILES string of the molecule is CC1=CC(=O)N(c2ccc(C(=O)O)nc2)C1=O. The molecule has 1 aliphatic rings. The molecule has 6 heteroatoms. The van der Waals surface area contributed by atoms with E-state index in [1.54, 1.807) is 6.92 Å². The van der Waals surface area contributed by atoms with E-state index in [9.17, 15) is 14.4 Å². The largest absolute Gasteiger partial charge is 0.477 e. The van der Waals surface area contributed by atoms with Crippen molar-refractivity contribution in [1.29, 1.82) is 0 Å². The fourth-order valence-electron chi connectivity index (χ4n) is 1.48. The Labute approximate surface area is 96.2 Å². The molecule has 2 heterocycles. The van der Waals surface area contributed by atoms with Crippen LogP contribution < -0.4 is 4.90 Å². The lowest BCUT2D eigenvalue weighted by molar-refractivity contribution is -0.120. The summed E-state index contributed by atoms with van der Waals surface area (Å²) < 4.78 is 0. The summed E-state index contributed by atoms with van der Waals surface area (Å²) in [6.07, 6.45) is 2.42. The van der Waals surface area contributed by atoms with Crippen LogP contribution >= 0.6 is 0 Å². The van der Waals surface area contributed by atoms with E-state index in [1.807, 2.05) is 0 Å². The predicted molar refractivity (Wildman–Crippen MR) is 57.4 cm³/mol. The monoisotopic (exact) mass is 232 g/mol. The summed E-state index contributed by atoms with van der Waals surface area (Å²) >= 11 is 0. The van der Waals surface area contributed by atoms with Crippen molar-refractivity contribution in [3.8, 4) is 0 Å². The normalized spacial score (nSPS) is 15.1. The smallest absolute Gasteiger partial charge is 0.354 e. The van der Waals surface area contributed by atoms with Crippen LogP contribution in [-0.4, -0.2) is 27.9 Å². The van der Waals surface area contributed by atoms with E-state index in [1.165, 1.54) is 24.4 Å². The van der Waals surface area contributed by atoms with Crippen LogP contribution in [0.1, 0.15) is 17.4 Å². The highest BCUT2D eigenvalue weighted by molar-refractivity contribution is 6.30. The lowest BCUT2D eigenvalue weighted by Gasteiger charge is -2.13. The van der Waals surface area contributed by atoms with Gasteiger partial charge in [-0.2, -0.15) is 0 Å². The number of carbonyl (C=O) groups is 3. The maximum atomic E-state index is 11.6. The average molecular weight is 232 g/mol. The van der Waals surface area contributed by atoms with Crippen molar-refractivity contribution in [2.24, 2.45) is 0 Å². The van der Waals surface area contributed by atoms with Gasteiger partial charge in [-0.1, -0.05) is 0 Å². The first-order valence-corrected chi connectivity index (χ1v) is 4.77. The van der Waals surface area contributed by atoms with E-state index in [0.717, 1.165) is 4.90 Å². The van der Waals surface area contributed by atoms with Gasteiger partial charge in [-0.15, -0.1) is 0 Å². The van der Waals surface area contributed by atoms with Crippen molar-refractivity contribution in [2.45, 2.75) is 6.92 Å². The molecule has 0 spiro atoms. The van der Waals surface area contributed by atoms with E-state index in [0.29, 0.717) is 5.57 Å². The third kappa shape index (κ3) is 1.80. The van der Waals surface area contributed by atoms with Crippen LogP contribution in [0.3, 0.4) is 0 Å². The molecule has 2 rings (SSSR count). The molecule has 0 aliphatic carbocycles. The third-order valence-corrected chi connectivity index (χ3v) is 2.33. The van der Waals surface area contributed by atoms with Crippen LogP contribution in [0.2, 0.25) is 0 Å². The molecule has 1 N–H and O–H groups in total. The van der Waals surface area contributed by atoms with Crippen LogP contribution in [0.4, 0.5) is 5.69 Å². The minimum atomic E-state index is -1.16.